The van der Waals surface area contributed by atoms with Crippen LogP contribution in [0, 0.1) is 0 Å². The second-order valence-corrected chi connectivity index (χ2v) is 8.25. The predicted molar refractivity (Wildman–Crippen MR) is 85.5 cm³/mol. The molecule has 1 saturated carbocycles. The number of benzene rings is 1. The van der Waals surface area contributed by atoms with Crippen LogP contribution in [-0.4, -0.2) is 50.5 Å². The molecule has 1 unspecified atom stereocenters. The van der Waals surface area contributed by atoms with Gasteiger partial charge in [-0.1, -0.05) is 0 Å². The summed E-state index contributed by atoms with van der Waals surface area (Å²) in [7, 11) is -3.74. The average Bonchev–Trinajstić information content (AvgIpc) is 3.25. The van der Waals surface area contributed by atoms with Crippen LogP contribution < -0.4 is 14.8 Å². The van der Waals surface area contributed by atoms with Crippen LogP contribution in [0.4, 0.5) is 0 Å². The maximum Gasteiger partial charge on any atom is 0.243 e. The third-order valence-corrected chi connectivity index (χ3v) is 6.45. The van der Waals surface area contributed by atoms with E-state index in [1.165, 1.54) is 16.4 Å². The molecular weight excluding hydrogens is 332 g/mol. The van der Waals surface area contributed by atoms with Crippen molar-refractivity contribution >= 4 is 15.9 Å². The third kappa shape index (κ3) is 2.84. The number of nitrogens with zero attached hydrogens (tertiary/aromatic N) is 1. The molecule has 0 aromatic heterocycles. The van der Waals surface area contributed by atoms with Crippen LogP contribution in [-0.2, 0) is 14.8 Å². The molecule has 2 heterocycles. The second kappa shape index (κ2) is 5.93. The lowest BCUT2D eigenvalue weighted by molar-refractivity contribution is -0.124. The SMILES string of the molecule is O=C(NC1CC1)C1CCCN1S(=O)(=O)c1ccc2c(c1)OCCO2. The van der Waals surface area contributed by atoms with Gasteiger partial charge in [-0.05, 0) is 37.8 Å². The molecule has 0 spiro atoms. The van der Waals surface area contributed by atoms with Crippen molar-refractivity contribution in [2.45, 2.75) is 42.7 Å². The van der Waals surface area contributed by atoms with Crippen molar-refractivity contribution in [2.75, 3.05) is 19.8 Å². The number of fused-ring (bicyclic) bond motifs is 1. The van der Waals surface area contributed by atoms with E-state index in [0.29, 0.717) is 44.1 Å². The molecule has 0 radical (unpaired) electrons. The van der Waals surface area contributed by atoms with Gasteiger partial charge in [-0.2, -0.15) is 4.31 Å². The molecule has 2 fully saturated rings. The smallest absolute Gasteiger partial charge is 0.243 e. The van der Waals surface area contributed by atoms with Crippen molar-refractivity contribution in [3.8, 4) is 11.5 Å². The van der Waals surface area contributed by atoms with Crippen molar-refractivity contribution < 1.29 is 22.7 Å². The van der Waals surface area contributed by atoms with Gasteiger partial charge >= 0.3 is 0 Å². The zero-order chi connectivity index (χ0) is 16.7. The van der Waals surface area contributed by atoms with Crippen molar-refractivity contribution in [2.24, 2.45) is 0 Å². The van der Waals surface area contributed by atoms with Gasteiger partial charge in [0.15, 0.2) is 11.5 Å². The van der Waals surface area contributed by atoms with E-state index in [9.17, 15) is 13.2 Å². The zero-order valence-electron chi connectivity index (χ0n) is 13.2. The minimum absolute atomic E-state index is 0.137. The first kappa shape index (κ1) is 15.7. The number of amides is 1. The van der Waals surface area contributed by atoms with Gasteiger partial charge in [-0.15, -0.1) is 0 Å². The topological polar surface area (TPSA) is 84.9 Å². The van der Waals surface area contributed by atoms with Crippen LogP contribution in [0.2, 0.25) is 0 Å². The van der Waals surface area contributed by atoms with Gasteiger partial charge in [0.2, 0.25) is 15.9 Å². The second-order valence-electron chi connectivity index (χ2n) is 6.36. The lowest BCUT2D eigenvalue weighted by atomic mass is 10.2. The standard InChI is InChI=1S/C16H20N2O5S/c19-16(17-11-3-4-11)13-2-1-7-18(13)24(20,21)12-5-6-14-15(10-12)23-9-8-22-14/h5-6,10-11,13H,1-4,7-9H2,(H,17,19). The monoisotopic (exact) mass is 352 g/mol. The van der Waals surface area contributed by atoms with Crippen LogP contribution >= 0.6 is 0 Å². The van der Waals surface area contributed by atoms with Gasteiger partial charge in [0.1, 0.15) is 19.3 Å². The molecule has 1 N–H and O–H groups in total. The number of sulfonamides is 1. The summed E-state index contributed by atoms with van der Waals surface area (Å²) in [6.45, 7) is 1.21. The Labute approximate surface area is 141 Å². The van der Waals surface area contributed by atoms with Gasteiger partial charge in [-0.25, -0.2) is 8.42 Å². The summed E-state index contributed by atoms with van der Waals surface area (Å²) in [6.07, 6.45) is 3.20. The fraction of sp³-hybridized carbons (Fsp3) is 0.562. The molecule has 4 rings (SSSR count). The van der Waals surface area contributed by atoms with Crippen molar-refractivity contribution in [3.63, 3.8) is 0 Å². The molecule has 1 aromatic rings. The molecule has 1 atom stereocenters. The van der Waals surface area contributed by atoms with E-state index >= 15 is 0 Å². The summed E-state index contributed by atoms with van der Waals surface area (Å²) in [6, 6.07) is 4.20. The largest absolute Gasteiger partial charge is 0.486 e. The highest BCUT2D eigenvalue weighted by molar-refractivity contribution is 7.89. The maximum atomic E-state index is 13.0. The summed E-state index contributed by atoms with van der Waals surface area (Å²) in [4.78, 5) is 12.5. The van der Waals surface area contributed by atoms with E-state index < -0.39 is 16.1 Å². The summed E-state index contributed by atoms with van der Waals surface area (Å²) in [5, 5.41) is 2.91. The van der Waals surface area contributed by atoms with Gasteiger partial charge in [-0.3, -0.25) is 4.79 Å². The minimum Gasteiger partial charge on any atom is -0.486 e. The summed E-state index contributed by atoms with van der Waals surface area (Å²) in [5.74, 6) is 0.793. The quantitative estimate of drug-likeness (QED) is 0.870. The van der Waals surface area contributed by atoms with Crippen LogP contribution in [0.3, 0.4) is 0 Å². The highest BCUT2D eigenvalue weighted by Crippen LogP contribution is 2.35. The first-order chi connectivity index (χ1) is 11.6. The molecule has 3 aliphatic rings. The van der Waals surface area contributed by atoms with Crippen molar-refractivity contribution in [3.05, 3.63) is 18.2 Å². The van der Waals surface area contributed by atoms with Crippen molar-refractivity contribution in [1.29, 1.82) is 0 Å². The molecule has 1 aromatic carbocycles. The van der Waals surface area contributed by atoms with E-state index in [2.05, 4.69) is 5.32 Å². The minimum atomic E-state index is -3.74. The molecule has 7 nitrogen and oxygen atoms in total. The van der Waals surface area contributed by atoms with Crippen molar-refractivity contribution in [1.82, 2.24) is 9.62 Å². The van der Waals surface area contributed by atoms with Gasteiger partial charge < -0.3 is 14.8 Å². The normalized spacial score (nSPS) is 23.9. The number of carbonyl (C=O) groups is 1. The molecule has 1 saturated heterocycles. The van der Waals surface area contributed by atoms with Gasteiger partial charge in [0, 0.05) is 18.7 Å². The number of hydrogen-bond donors (Lipinski definition) is 1. The van der Waals surface area contributed by atoms with Crippen LogP contribution in [0.15, 0.2) is 23.1 Å². The van der Waals surface area contributed by atoms with E-state index in [1.54, 1.807) is 6.07 Å². The number of carbonyl (C=O) groups excluding carboxylic acids is 1. The van der Waals surface area contributed by atoms with Crippen LogP contribution in [0.1, 0.15) is 25.7 Å². The molecule has 24 heavy (non-hydrogen) atoms. The number of nitrogens with one attached hydrogen (secondary N) is 1. The fourth-order valence-electron chi connectivity index (χ4n) is 3.13. The number of ether oxygens (including phenoxy) is 2. The average molecular weight is 352 g/mol. The third-order valence-electron chi connectivity index (χ3n) is 4.55. The molecule has 130 valence electrons. The van der Waals surface area contributed by atoms with Crippen LogP contribution in [0.5, 0.6) is 11.5 Å². The van der Waals surface area contributed by atoms with E-state index in [0.717, 1.165) is 12.8 Å². The highest BCUT2D eigenvalue weighted by atomic mass is 32.2. The van der Waals surface area contributed by atoms with Gasteiger partial charge in [0.05, 0.1) is 4.90 Å². The number of rotatable bonds is 4. The Balaban J connectivity index is 1.60. The molecule has 2 aliphatic heterocycles. The molecular formula is C16H20N2O5S. The Morgan fingerprint density at radius 1 is 1.12 bits per heavy atom. The lowest BCUT2D eigenvalue weighted by Gasteiger charge is -2.24. The lowest BCUT2D eigenvalue weighted by Crippen LogP contribution is -2.46. The van der Waals surface area contributed by atoms with Gasteiger partial charge in [0.25, 0.3) is 0 Å². The maximum absolute atomic E-state index is 13.0. The van der Waals surface area contributed by atoms with E-state index in [-0.39, 0.29) is 16.8 Å². The molecule has 8 heteroatoms. The summed E-state index contributed by atoms with van der Waals surface area (Å²) in [5.41, 5.74) is 0. The Morgan fingerprint density at radius 3 is 2.62 bits per heavy atom. The Morgan fingerprint density at radius 2 is 1.88 bits per heavy atom. The summed E-state index contributed by atoms with van der Waals surface area (Å²) >= 11 is 0. The Kier molecular flexibility index (Phi) is 3.88. The zero-order valence-corrected chi connectivity index (χ0v) is 14.0. The van der Waals surface area contributed by atoms with E-state index in [1.807, 2.05) is 0 Å². The summed E-state index contributed by atoms with van der Waals surface area (Å²) < 4.78 is 38.2. The first-order valence-electron chi connectivity index (χ1n) is 8.27. The molecule has 0 bridgehead atoms. The molecule has 1 aliphatic carbocycles. The fourth-order valence-corrected chi connectivity index (χ4v) is 4.81. The predicted octanol–water partition coefficient (Wildman–Crippen LogP) is 0.889. The van der Waals surface area contributed by atoms with E-state index in [4.69, 9.17) is 9.47 Å². The number of hydrogen-bond acceptors (Lipinski definition) is 5. The highest BCUT2D eigenvalue weighted by Gasteiger charge is 2.41. The first-order valence-corrected chi connectivity index (χ1v) is 9.71. The Bertz CT molecular complexity index is 760. The molecule has 1 amide bonds. The Hall–Kier alpha value is -1.80. The van der Waals surface area contributed by atoms with Crippen LogP contribution in [0.25, 0.3) is 0 Å².